The lowest BCUT2D eigenvalue weighted by molar-refractivity contribution is 0.0768. The Balaban J connectivity index is 1.98. The van der Waals surface area contributed by atoms with E-state index in [9.17, 15) is 17.6 Å². The van der Waals surface area contributed by atoms with Crippen LogP contribution in [0.4, 0.5) is 4.39 Å². The number of fused-ring (bicyclic) bond motifs is 1. The molecule has 2 aromatic rings. The summed E-state index contributed by atoms with van der Waals surface area (Å²) in [6, 6.07) is 5.86. The summed E-state index contributed by atoms with van der Waals surface area (Å²) in [7, 11) is -3.18. The zero-order valence-electron chi connectivity index (χ0n) is 12.7. The van der Waals surface area contributed by atoms with E-state index in [1.165, 1.54) is 17.0 Å². The molecule has 1 fully saturated rings. The van der Waals surface area contributed by atoms with E-state index in [1.54, 1.807) is 25.3 Å². The van der Waals surface area contributed by atoms with Crippen molar-refractivity contribution in [3.63, 3.8) is 0 Å². The van der Waals surface area contributed by atoms with E-state index in [2.05, 4.69) is 4.98 Å². The van der Waals surface area contributed by atoms with Crippen LogP contribution in [-0.4, -0.2) is 48.3 Å². The molecule has 1 atom stereocenters. The molecule has 0 saturated carbocycles. The predicted octanol–water partition coefficient (Wildman–Crippen LogP) is 2.02. The van der Waals surface area contributed by atoms with Crippen molar-refractivity contribution in [2.75, 3.05) is 18.8 Å². The van der Waals surface area contributed by atoms with Gasteiger partial charge >= 0.3 is 0 Å². The molecule has 0 bridgehead atoms. The lowest BCUT2D eigenvalue weighted by Gasteiger charge is -2.20. The number of hydrogen-bond donors (Lipinski definition) is 0. The number of halogens is 1. The SMILES string of the molecule is C[C@H]1CCN(C(=O)c2cc(F)cc3cccnc23)CCS1(=O)=O. The molecule has 1 aliphatic rings. The molecule has 5 nitrogen and oxygen atoms in total. The maximum Gasteiger partial charge on any atom is 0.256 e. The summed E-state index contributed by atoms with van der Waals surface area (Å²) in [4.78, 5) is 18.4. The third-order valence-electron chi connectivity index (χ3n) is 4.25. The molecule has 0 aliphatic carbocycles. The first-order chi connectivity index (χ1) is 10.9. The van der Waals surface area contributed by atoms with Crippen LogP contribution < -0.4 is 0 Å². The molecule has 23 heavy (non-hydrogen) atoms. The Morgan fingerprint density at radius 2 is 2.13 bits per heavy atom. The second kappa shape index (κ2) is 5.88. The van der Waals surface area contributed by atoms with Gasteiger partial charge in [0.05, 0.1) is 22.1 Å². The van der Waals surface area contributed by atoms with Crippen LogP contribution in [0, 0.1) is 5.82 Å². The summed E-state index contributed by atoms with van der Waals surface area (Å²) in [5.41, 5.74) is 0.603. The molecule has 122 valence electrons. The third-order valence-corrected chi connectivity index (χ3v) is 6.47. The molecule has 1 aromatic heterocycles. The number of benzene rings is 1. The molecule has 1 aliphatic heterocycles. The number of sulfone groups is 1. The number of hydrogen-bond acceptors (Lipinski definition) is 4. The number of carbonyl (C=O) groups excluding carboxylic acids is 1. The van der Waals surface area contributed by atoms with Gasteiger partial charge < -0.3 is 4.90 Å². The van der Waals surface area contributed by atoms with Crippen LogP contribution in [0.3, 0.4) is 0 Å². The van der Waals surface area contributed by atoms with Gasteiger partial charge in [0.25, 0.3) is 5.91 Å². The third kappa shape index (κ3) is 3.06. The minimum Gasteiger partial charge on any atom is -0.338 e. The van der Waals surface area contributed by atoms with Crippen LogP contribution in [-0.2, 0) is 9.84 Å². The molecule has 3 rings (SSSR count). The van der Waals surface area contributed by atoms with E-state index in [4.69, 9.17) is 0 Å². The van der Waals surface area contributed by atoms with E-state index in [0.717, 1.165) is 0 Å². The van der Waals surface area contributed by atoms with E-state index in [1.807, 2.05) is 0 Å². The average molecular weight is 336 g/mol. The number of carbonyl (C=O) groups is 1. The summed E-state index contributed by atoms with van der Waals surface area (Å²) in [5, 5.41) is 0.0781. The number of aromatic nitrogens is 1. The lowest BCUT2D eigenvalue weighted by atomic mass is 10.1. The standard InChI is InChI=1S/C16H17FN2O3S/c1-11-4-6-19(7-8-23(11,21)22)16(20)14-10-13(17)9-12-3-2-5-18-15(12)14/h2-3,5,9-11H,4,6-8H2,1H3/t11-/m0/s1. The van der Waals surface area contributed by atoms with Gasteiger partial charge in [0.1, 0.15) is 5.82 Å². The van der Waals surface area contributed by atoms with Gasteiger partial charge in [0.15, 0.2) is 9.84 Å². The first-order valence-corrected chi connectivity index (χ1v) is 9.15. The second-order valence-electron chi connectivity index (χ2n) is 5.79. The smallest absolute Gasteiger partial charge is 0.256 e. The van der Waals surface area contributed by atoms with Crippen LogP contribution in [0.2, 0.25) is 0 Å². The zero-order valence-corrected chi connectivity index (χ0v) is 13.5. The van der Waals surface area contributed by atoms with Crippen LogP contribution >= 0.6 is 0 Å². The highest BCUT2D eigenvalue weighted by Gasteiger charge is 2.29. The molecule has 0 radical (unpaired) electrons. The van der Waals surface area contributed by atoms with Crippen molar-refractivity contribution in [2.24, 2.45) is 0 Å². The first kappa shape index (κ1) is 15.9. The van der Waals surface area contributed by atoms with Gasteiger partial charge in [-0.3, -0.25) is 9.78 Å². The van der Waals surface area contributed by atoms with Crippen LogP contribution in [0.15, 0.2) is 30.5 Å². The maximum atomic E-state index is 13.8. The van der Waals surface area contributed by atoms with Crippen molar-refractivity contribution >= 4 is 26.6 Å². The summed E-state index contributed by atoms with van der Waals surface area (Å²) < 4.78 is 37.7. The van der Waals surface area contributed by atoms with E-state index in [0.29, 0.717) is 23.9 Å². The summed E-state index contributed by atoms with van der Waals surface area (Å²) in [6.07, 6.45) is 1.93. The highest BCUT2D eigenvalue weighted by atomic mass is 32.2. The van der Waals surface area contributed by atoms with Gasteiger partial charge in [-0.1, -0.05) is 6.07 Å². The number of rotatable bonds is 1. The second-order valence-corrected chi connectivity index (χ2v) is 8.33. The summed E-state index contributed by atoms with van der Waals surface area (Å²) in [6.45, 7) is 2.11. The molecule has 7 heteroatoms. The highest BCUT2D eigenvalue weighted by molar-refractivity contribution is 7.92. The number of pyridine rings is 1. The average Bonchev–Trinajstić information content (AvgIpc) is 2.65. The minimum absolute atomic E-state index is 0.0689. The Kier molecular flexibility index (Phi) is 4.06. The number of nitrogens with zero attached hydrogens (tertiary/aromatic N) is 2. The molecule has 1 amide bonds. The Hall–Kier alpha value is -2.02. The zero-order chi connectivity index (χ0) is 16.6. The normalized spacial score (nSPS) is 21.1. The lowest BCUT2D eigenvalue weighted by Crippen LogP contribution is -2.33. The Morgan fingerprint density at radius 3 is 2.91 bits per heavy atom. The molecule has 0 N–H and O–H groups in total. The van der Waals surface area contributed by atoms with Crippen LogP contribution in [0.1, 0.15) is 23.7 Å². The summed E-state index contributed by atoms with van der Waals surface area (Å²) >= 11 is 0. The summed E-state index contributed by atoms with van der Waals surface area (Å²) in [5.74, 6) is -0.956. The van der Waals surface area contributed by atoms with Gasteiger partial charge in [-0.15, -0.1) is 0 Å². The molecule has 0 spiro atoms. The van der Waals surface area contributed by atoms with E-state index >= 15 is 0 Å². The molecule has 1 saturated heterocycles. The fourth-order valence-electron chi connectivity index (χ4n) is 2.76. The van der Waals surface area contributed by atoms with Crippen molar-refractivity contribution < 1.29 is 17.6 Å². The van der Waals surface area contributed by atoms with E-state index in [-0.39, 0.29) is 23.8 Å². The van der Waals surface area contributed by atoms with Gasteiger partial charge in [0.2, 0.25) is 0 Å². The van der Waals surface area contributed by atoms with E-state index < -0.39 is 20.9 Å². The Labute approximate surface area is 134 Å². The largest absolute Gasteiger partial charge is 0.338 e. The fraction of sp³-hybridized carbons (Fsp3) is 0.375. The van der Waals surface area contributed by atoms with Crippen molar-refractivity contribution in [1.29, 1.82) is 0 Å². The first-order valence-electron chi connectivity index (χ1n) is 7.43. The topological polar surface area (TPSA) is 67.3 Å². The van der Waals surface area contributed by atoms with Crippen molar-refractivity contribution in [3.8, 4) is 0 Å². The minimum atomic E-state index is -3.18. The maximum absolute atomic E-state index is 13.8. The van der Waals surface area contributed by atoms with Crippen molar-refractivity contribution in [2.45, 2.75) is 18.6 Å². The van der Waals surface area contributed by atoms with Gasteiger partial charge in [-0.05, 0) is 31.5 Å². The quantitative estimate of drug-likeness (QED) is 0.799. The van der Waals surface area contributed by atoms with Gasteiger partial charge in [-0.2, -0.15) is 0 Å². The molecular formula is C16H17FN2O3S. The van der Waals surface area contributed by atoms with Crippen LogP contribution in [0.5, 0.6) is 0 Å². The van der Waals surface area contributed by atoms with Gasteiger partial charge in [-0.25, -0.2) is 12.8 Å². The fourth-order valence-corrected chi connectivity index (χ4v) is 4.10. The predicted molar refractivity (Wildman–Crippen MR) is 85.5 cm³/mol. The van der Waals surface area contributed by atoms with Crippen LogP contribution in [0.25, 0.3) is 10.9 Å². The van der Waals surface area contributed by atoms with Gasteiger partial charge in [0, 0.05) is 24.7 Å². The highest BCUT2D eigenvalue weighted by Crippen LogP contribution is 2.22. The molecule has 0 unspecified atom stereocenters. The Bertz CT molecular complexity index is 867. The molecule has 1 aromatic carbocycles. The molecular weight excluding hydrogens is 319 g/mol. The molecule has 2 heterocycles. The van der Waals surface area contributed by atoms with Crippen molar-refractivity contribution in [3.05, 3.63) is 41.8 Å². The number of amides is 1. The monoisotopic (exact) mass is 336 g/mol. The Morgan fingerprint density at radius 1 is 1.35 bits per heavy atom. The van der Waals surface area contributed by atoms with Crippen molar-refractivity contribution in [1.82, 2.24) is 9.88 Å².